The quantitative estimate of drug-likeness (QED) is 0.721. The number of aliphatic hydroxyl groups excluding tert-OH is 1. The molecule has 0 aromatic carbocycles. The van der Waals surface area contributed by atoms with E-state index < -0.39 is 10.0 Å². The molecule has 1 rings (SSSR count). The van der Waals surface area contributed by atoms with Gasteiger partial charge in [0.2, 0.25) is 10.0 Å². The van der Waals surface area contributed by atoms with Gasteiger partial charge in [0.05, 0.1) is 6.61 Å². The van der Waals surface area contributed by atoms with Crippen LogP contribution >= 0.6 is 0 Å². The van der Waals surface area contributed by atoms with Crippen LogP contribution in [0.2, 0.25) is 0 Å². The molecular formula is C15H28N2O3S. The number of unbranched alkanes of at least 4 members (excludes halogenated alkanes) is 2. The van der Waals surface area contributed by atoms with E-state index in [1.807, 2.05) is 6.92 Å². The number of aromatic nitrogens is 1. The van der Waals surface area contributed by atoms with Gasteiger partial charge >= 0.3 is 0 Å². The van der Waals surface area contributed by atoms with Crippen molar-refractivity contribution in [2.45, 2.75) is 64.5 Å². The summed E-state index contributed by atoms with van der Waals surface area (Å²) in [5, 5.41) is 9.32. The van der Waals surface area contributed by atoms with E-state index >= 15 is 0 Å². The lowest BCUT2D eigenvalue weighted by Gasteiger charge is -2.21. The van der Waals surface area contributed by atoms with Crippen LogP contribution < -0.4 is 0 Å². The first kappa shape index (κ1) is 18.2. The molecule has 1 aromatic heterocycles. The van der Waals surface area contributed by atoms with Crippen molar-refractivity contribution in [2.75, 3.05) is 13.1 Å². The molecule has 122 valence electrons. The van der Waals surface area contributed by atoms with Gasteiger partial charge in [0.1, 0.15) is 4.90 Å². The van der Waals surface area contributed by atoms with Crippen molar-refractivity contribution in [1.29, 1.82) is 0 Å². The lowest BCUT2D eigenvalue weighted by atomic mass is 10.3. The molecule has 0 spiro atoms. The molecule has 0 amide bonds. The molecule has 0 atom stereocenters. The van der Waals surface area contributed by atoms with Gasteiger partial charge in [0, 0.05) is 31.5 Å². The fraction of sp³-hybridized carbons (Fsp3) is 0.733. The zero-order valence-electron chi connectivity index (χ0n) is 13.4. The number of aliphatic hydroxyl groups is 1. The highest BCUT2D eigenvalue weighted by Gasteiger charge is 2.25. The maximum atomic E-state index is 12.8. The molecule has 0 bridgehead atoms. The van der Waals surface area contributed by atoms with E-state index in [4.69, 9.17) is 0 Å². The van der Waals surface area contributed by atoms with Crippen molar-refractivity contribution in [3.8, 4) is 0 Å². The summed E-state index contributed by atoms with van der Waals surface area (Å²) < 4.78 is 28.9. The molecule has 0 saturated heterocycles. The second kappa shape index (κ2) is 8.56. The molecule has 0 fully saturated rings. The smallest absolute Gasteiger partial charge is 0.244 e. The van der Waals surface area contributed by atoms with Gasteiger partial charge in [-0.25, -0.2) is 8.42 Å². The van der Waals surface area contributed by atoms with E-state index in [0.29, 0.717) is 30.2 Å². The van der Waals surface area contributed by atoms with Gasteiger partial charge in [0.15, 0.2) is 0 Å². The molecule has 1 heterocycles. The molecule has 5 nitrogen and oxygen atoms in total. The van der Waals surface area contributed by atoms with Crippen LogP contribution in [0.25, 0.3) is 0 Å². The zero-order chi connectivity index (χ0) is 15.9. The fourth-order valence-electron chi connectivity index (χ4n) is 2.26. The Labute approximate surface area is 128 Å². The van der Waals surface area contributed by atoms with Crippen LogP contribution in [0.15, 0.2) is 17.2 Å². The Morgan fingerprint density at radius 1 is 1.14 bits per heavy atom. The van der Waals surface area contributed by atoms with Crippen molar-refractivity contribution in [3.63, 3.8) is 0 Å². The van der Waals surface area contributed by atoms with Gasteiger partial charge in [-0.3, -0.25) is 0 Å². The number of hydrogen-bond donors (Lipinski definition) is 1. The number of hydrogen-bond acceptors (Lipinski definition) is 3. The minimum Gasteiger partial charge on any atom is -0.390 e. The third kappa shape index (κ3) is 4.56. The van der Waals surface area contributed by atoms with Crippen LogP contribution in [0.1, 0.15) is 52.1 Å². The highest BCUT2D eigenvalue weighted by Crippen LogP contribution is 2.20. The average molecular weight is 316 g/mol. The van der Waals surface area contributed by atoms with Crippen LogP contribution in [-0.2, 0) is 23.2 Å². The van der Waals surface area contributed by atoms with Gasteiger partial charge in [-0.05, 0) is 25.8 Å². The molecule has 0 aliphatic rings. The monoisotopic (exact) mass is 316 g/mol. The number of rotatable bonds is 10. The van der Waals surface area contributed by atoms with Crippen LogP contribution in [0.3, 0.4) is 0 Å². The first-order chi connectivity index (χ1) is 10.0. The van der Waals surface area contributed by atoms with E-state index in [2.05, 4.69) is 13.8 Å². The Morgan fingerprint density at radius 2 is 1.71 bits per heavy atom. The molecule has 6 heteroatoms. The minimum absolute atomic E-state index is 0.146. The summed E-state index contributed by atoms with van der Waals surface area (Å²) in [7, 11) is -3.47. The molecule has 0 radical (unpaired) electrons. The van der Waals surface area contributed by atoms with E-state index in [0.717, 1.165) is 25.7 Å². The lowest BCUT2D eigenvalue weighted by Crippen LogP contribution is -2.32. The second-order valence-corrected chi connectivity index (χ2v) is 7.16. The van der Waals surface area contributed by atoms with Crippen molar-refractivity contribution in [3.05, 3.63) is 18.0 Å². The first-order valence-electron chi connectivity index (χ1n) is 7.81. The third-order valence-electron chi connectivity index (χ3n) is 3.62. The number of sulfonamides is 1. The predicted octanol–water partition coefficient (Wildman–Crippen LogP) is 2.59. The normalized spacial score (nSPS) is 12.2. The number of nitrogens with zero attached hydrogens (tertiary/aromatic N) is 2. The Hall–Kier alpha value is -0.850. The summed E-state index contributed by atoms with van der Waals surface area (Å²) in [6.45, 7) is 7.67. The SMILES string of the molecule is CCCCN(CCCC)S(=O)(=O)c1cc(CO)n(CC)c1. The average Bonchev–Trinajstić information content (AvgIpc) is 2.91. The Bertz CT molecular complexity index is 494. The molecular weight excluding hydrogens is 288 g/mol. The molecule has 0 aliphatic carbocycles. The Balaban J connectivity index is 3.05. The largest absolute Gasteiger partial charge is 0.390 e. The first-order valence-corrected chi connectivity index (χ1v) is 9.25. The maximum Gasteiger partial charge on any atom is 0.244 e. The molecule has 1 N–H and O–H groups in total. The van der Waals surface area contributed by atoms with E-state index in [1.54, 1.807) is 21.1 Å². The van der Waals surface area contributed by atoms with Crippen LogP contribution in [0.4, 0.5) is 0 Å². The summed E-state index contributed by atoms with van der Waals surface area (Å²) in [6.07, 6.45) is 5.30. The topological polar surface area (TPSA) is 62.5 Å². The van der Waals surface area contributed by atoms with Crippen molar-refractivity contribution in [2.24, 2.45) is 0 Å². The lowest BCUT2D eigenvalue weighted by molar-refractivity contribution is 0.271. The summed E-state index contributed by atoms with van der Waals surface area (Å²) in [4.78, 5) is 0.292. The summed E-state index contributed by atoms with van der Waals surface area (Å²) in [6, 6.07) is 1.59. The van der Waals surface area contributed by atoms with Crippen molar-refractivity contribution >= 4 is 10.0 Å². The zero-order valence-corrected chi connectivity index (χ0v) is 14.2. The number of aryl methyl sites for hydroxylation is 1. The van der Waals surface area contributed by atoms with Crippen molar-refractivity contribution < 1.29 is 13.5 Å². The van der Waals surface area contributed by atoms with Gasteiger partial charge < -0.3 is 9.67 Å². The van der Waals surface area contributed by atoms with Crippen molar-refractivity contribution in [1.82, 2.24) is 8.87 Å². The highest BCUT2D eigenvalue weighted by molar-refractivity contribution is 7.89. The minimum atomic E-state index is -3.47. The summed E-state index contributed by atoms with van der Waals surface area (Å²) >= 11 is 0. The van der Waals surface area contributed by atoms with E-state index in [1.165, 1.54) is 0 Å². The van der Waals surface area contributed by atoms with Gasteiger partial charge in [-0.15, -0.1) is 0 Å². The second-order valence-electron chi connectivity index (χ2n) is 5.22. The molecule has 1 aromatic rings. The Kier molecular flexibility index (Phi) is 7.42. The molecule has 0 saturated carbocycles. The summed E-state index contributed by atoms with van der Waals surface area (Å²) in [5.74, 6) is 0. The summed E-state index contributed by atoms with van der Waals surface area (Å²) in [5.41, 5.74) is 0.641. The molecule has 0 unspecified atom stereocenters. The van der Waals surface area contributed by atoms with Crippen LogP contribution in [-0.4, -0.2) is 35.5 Å². The van der Waals surface area contributed by atoms with Gasteiger partial charge in [0.25, 0.3) is 0 Å². The van der Waals surface area contributed by atoms with E-state index in [9.17, 15) is 13.5 Å². The predicted molar refractivity (Wildman–Crippen MR) is 84.6 cm³/mol. The van der Waals surface area contributed by atoms with Gasteiger partial charge in [-0.1, -0.05) is 26.7 Å². The van der Waals surface area contributed by atoms with Gasteiger partial charge in [-0.2, -0.15) is 4.31 Å². The fourth-order valence-corrected chi connectivity index (χ4v) is 3.85. The van der Waals surface area contributed by atoms with Crippen LogP contribution in [0.5, 0.6) is 0 Å². The molecule has 21 heavy (non-hydrogen) atoms. The molecule has 0 aliphatic heterocycles. The maximum absolute atomic E-state index is 12.8. The standard InChI is InChI=1S/C15H28N2O3S/c1-4-7-9-17(10-8-5-2)21(19,20)15-11-14(13-18)16(6-3)12-15/h11-12,18H,4-10,13H2,1-3H3. The highest BCUT2D eigenvalue weighted by atomic mass is 32.2. The Morgan fingerprint density at radius 3 is 2.10 bits per heavy atom. The third-order valence-corrected chi connectivity index (χ3v) is 5.49. The van der Waals surface area contributed by atoms with E-state index in [-0.39, 0.29) is 6.61 Å². The van der Waals surface area contributed by atoms with Crippen LogP contribution in [0, 0.1) is 0 Å².